The van der Waals surface area contributed by atoms with Gasteiger partial charge in [0.15, 0.2) is 0 Å². The number of benzene rings is 1. The third-order valence-electron chi connectivity index (χ3n) is 7.37. The van der Waals surface area contributed by atoms with Gasteiger partial charge in [-0.3, -0.25) is 4.79 Å². The first-order chi connectivity index (χ1) is 17.8. The molecule has 0 amide bonds. The molecule has 0 unspecified atom stereocenters. The summed E-state index contributed by atoms with van der Waals surface area (Å²) in [5, 5.41) is 19.4. The highest BCUT2D eigenvalue weighted by Gasteiger charge is 2.26. The van der Waals surface area contributed by atoms with Crippen LogP contribution in [0.5, 0.6) is 5.75 Å². The van der Waals surface area contributed by atoms with Gasteiger partial charge in [-0.15, -0.1) is 0 Å². The predicted octanol–water partition coefficient (Wildman–Crippen LogP) is 11.3. The Morgan fingerprint density at radius 1 is 0.605 bits per heavy atom. The summed E-state index contributed by atoms with van der Waals surface area (Å²) in [6, 6.07) is 3.88. The highest BCUT2D eigenvalue weighted by Crippen LogP contribution is 2.40. The van der Waals surface area contributed by atoms with Gasteiger partial charge in [-0.05, 0) is 33.9 Å². The van der Waals surface area contributed by atoms with Crippen LogP contribution in [0.15, 0.2) is 12.1 Å². The molecule has 3 nitrogen and oxygen atoms in total. The van der Waals surface area contributed by atoms with Gasteiger partial charge in [0.25, 0.3) is 0 Å². The number of aryl methyl sites for hydroxylation is 1. The molecule has 0 aromatic heterocycles. The molecule has 0 aliphatic rings. The van der Waals surface area contributed by atoms with Gasteiger partial charge >= 0.3 is 5.97 Å². The zero-order chi connectivity index (χ0) is 29.0. The number of carboxylic acids is 1. The van der Waals surface area contributed by atoms with Crippen LogP contribution in [0, 0.1) is 0 Å². The van der Waals surface area contributed by atoms with Gasteiger partial charge < -0.3 is 10.2 Å². The minimum absolute atomic E-state index is 0.109. The summed E-state index contributed by atoms with van der Waals surface area (Å²) >= 11 is 0. The zero-order valence-corrected chi connectivity index (χ0v) is 26.7. The number of aliphatic carboxylic acids is 1. The first-order valence-electron chi connectivity index (χ1n) is 15.9. The van der Waals surface area contributed by atoms with Crippen LogP contribution < -0.4 is 0 Å². The van der Waals surface area contributed by atoms with Crippen molar-refractivity contribution in [3.63, 3.8) is 0 Å². The van der Waals surface area contributed by atoms with Crippen LogP contribution in [0.25, 0.3) is 0 Å². The predicted molar refractivity (Wildman–Crippen MR) is 167 cm³/mol. The molecule has 1 rings (SSSR count). The maximum absolute atomic E-state index is 10.8. The normalized spacial score (nSPS) is 11.8. The quantitative estimate of drug-likeness (QED) is 0.185. The van der Waals surface area contributed by atoms with Gasteiger partial charge in [0.05, 0.1) is 0 Å². The first kappa shape index (κ1) is 36.5. The van der Waals surface area contributed by atoms with E-state index in [1.54, 1.807) is 0 Å². The topological polar surface area (TPSA) is 57.5 Å². The summed E-state index contributed by atoms with van der Waals surface area (Å²) in [7, 11) is 0. The molecular formula is C35H64O3. The number of phenolic OH excluding ortho intramolecular Hbond substituents is 1. The van der Waals surface area contributed by atoms with Crippen molar-refractivity contribution in [2.24, 2.45) is 0 Å². The van der Waals surface area contributed by atoms with E-state index in [9.17, 15) is 9.90 Å². The van der Waals surface area contributed by atoms with E-state index in [-0.39, 0.29) is 17.3 Å². The number of hydrogen-bond acceptors (Lipinski definition) is 2. The second-order valence-electron chi connectivity index (χ2n) is 13.4. The van der Waals surface area contributed by atoms with Crippen molar-refractivity contribution in [1.29, 1.82) is 0 Å². The van der Waals surface area contributed by atoms with E-state index in [1.807, 2.05) is 12.1 Å². The second-order valence-corrected chi connectivity index (χ2v) is 13.4. The third kappa shape index (κ3) is 17.9. The Morgan fingerprint density at radius 3 is 1.13 bits per heavy atom. The smallest absolute Gasteiger partial charge is 0.303 e. The minimum atomic E-state index is -0.798. The molecule has 38 heavy (non-hydrogen) atoms. The van der Waals surface area contributed by atoms with Crippen molar-refractivity contribution >= 4 is 5.97 Å². The molecule has 1 aromatic rings. The Labute approximate surface area is 237 Å². The van der Waals surface area contributed by atoms with Crippen molar-refractivity contribution in [1.82, 2.24) is 0 Å². The number of unbranched alkanes of at least 4 members (excludes halogenated alkanes) is 15. The molecule has 2 N–H and O–H groups in total. The Kier molecular flexibility index (Phi) is 19.6. The van der Waals surface area contributed by atoms with Crippen molar-refractivity contribution in [3.8, 4) is 5.75 Å². The summed E-state index contributed by atoms with van der Waals surface area (Å²) in [5.41, 5.74) is 2.38. The number of phenols is 1. The molecule has 0 spiro atoms. The SMILES string of the molecule is CC(C)(C)c1cc(CCC(=O)O)cc(C(C)(C)C)c1O.CCCCCCCCCCCCCCCCCC. The van der Waals surface area contributed by atoms with Crippen LogP contribution >= 0.6 is 0 Å². The minimum Gasteiger partial charge on any atom is -0.507 e. The largest absolute Gasteiger partial charge is 0.507 e. The maximum Gasteiger partial charge on any atom is 0.303 e. The molecule has 222 valence electrons. The Morgan fingerprint density at radius 2 is 0.895 bits per heavy atom. The molecule has 0 atom stereocenters. The summed E-state index contributed by atoms with van der Waals surface area (Å²) < 4.78 is 0. The van der Waals surface area contributed by atoms with E-state index in [2.05, 4.69) is 55.4 Å². The standard InChI is InChI=1S/C18H38.C17H26O3/c1-3-5-7-9-11-13-15-17-18-16-14-12-10-8-6-4-2;1-16(2,3)12-9-11(7-8-14(18)19)10-13(15(12)20)17(4,5)6/h3-18H2,1-2H3;9-10,20H,7-8H2,1-6H3,(H,18,19). The Hall–Kier alpha value is -1.51. The number of carboxylic acid groups (broad SMARTS) is 1. The molecule has 0 aliphatic heterocycles. The van der Waals surface area contributed by atoms with Crippen molar-refractivity contribution in [2.45, 2.75) is 182 Å². The summed E-state index contributed by atoms with van der Waals surface area (Å²) in [5.74, 6) is -0.461. The molecule has 0 fully saturated rings. The molecule has 0 saturated carbocycles. The van der Waals surface area contributed by atoms with E-state index in [0.29, 0.717) is 12.2 Å². The molecular weight excluding hydrogens is 468 g/mol. The lowest BCUT2D eigenvalue weighted by molar-refractivity contribution is -0.136. The van der Waals surface area contributed by atoms with Gasteiger partial charge in [0, 0.05) is 6.42 Å². The number of carbonyl (C=O) groups is 1. The van der Waals surface area contributed by atoms with E-state index < -0.39 is 5.97 Å². The van der Waals surface area contributed by atoms with Gasteiger partial charge in [0.1, 0.15) is 5.75 Å². The van der Waals surface area contributed by atoms with Gasteiger partial charge in [0.2, 0.25) is 0 Å². The molecule has 0 aliphatic carbocycles. The first-order valence-corrected chi connectivity index (χ1v) is 15.9. The highest BCUT2D eigenvalue weighted by molar-refractivity contribution is 5.67. The maximum atomic E-state index is 10.8. The fourth-order valence-corrected chi connectivity index (χ4v) is 4.85. The van der Waals surface area contributed by atoms with Crippen LogP contribution in [0.3, 0.4) is 0 Å². The molecule has 0 saturated heterocycles. The fourth-order valence-electron chi connectivity index (χ4n) is 4.85. The van der Waals surface area contributed by atoms with Crippen molar-refractivity contribution < 1.29 is 15.0 Å². The number of aromatic hydroxyl groups is 1. The van der Waals surface area contributed by atoms with Crippen LogP contribution in [-0.4, -0.2) is 16.2 Å². The number of rotatable bonds is 18. The molecule has 1 aromatic carbocycles. The Bertz CT molecular complexity index is 686. The average molecular weight is 533 g/mol. The molecule has 0 radical (unpaired) electrons. The average Bonchev–Trinajstić information content (AvgIpc) is 2.82. The van der Waals surface area contributed by atoms with Crippen molar-refractivity contribution in [2.75, 3.05) is 0 Å². The lowest BCUT2D eigenvalue weighted by atomic mass is 9.78. The second kappa shape index (κ2) is 20.4. The highest BCUT2D eigenvalue weighted by atomic mass is 16.4. The van der Waals surface area contributed by atoms with E-state index in [4.69, 9.17) is 5.11 Å². The van der Waals surface area contributed by atoms with Crippen LogP contribution in [0.2, 0.25) is 0 Å². The lowest BCUT2D eigenvalue weighted by Gasteiger charge is -2.28. The van der Waals surface area contributed by atoms with Gasteiger partial charge in [-0.2, -0.15) is 0 Å². The van der Waals surface area contributed by atoms with Crippen molar-refractivity contribution in [3.05, 3.63) is 28.8 Å². The van der Waals surface area contributed by atoms with Gasteiger partial charge in [-0.25, -0.2) is 0 Å². The monoisotopic (exact) mass is 532 g/mol. The molecule has 0 heterocycles. The summed E-state index contributed by atoms with van der Waals surface area (Å²) in [6.07, 6.45) is 24.0. The fraction of sp³-hybridized carbons (Fsp3) is 0.800. The summed E-state index contributed by atoms with van der Waals surface area (Å²) in [4.78, 5) is 10.8. The third-order valence-corrected chi connectivity index (χ3v) is 7.37. The van der Waals surface area contributed by atoms with Gasteiger partial charge in [-0.1, -0.05) is 170 Å². The van der Waals surface area contributed by atoms with Crippen LogP contribution in [0.1, 0.15) is 181 Å². The molecule has 3 heteroatoms. The van der Waals surface area contributed by atoms with E-state index in [1.165, 1.54) is 103 Å². The van der Waals surface area contributed by atoms with Crippen LogP contribution in [0.4, 0.5) is 0 Å². The summed E-state index contributed by atoms with van der Waals surface area (Å²) in [6.45, 7) is 16.9. The van der Waals surface area contributed by atoms with E-state index in [0.717, 1.165) is 16.7 Å². The van der Waals surface area contributed by atoms with Crippen LogP contribution in [-0.2, 0) is 22.0 Å². The number of hydrogen-bond donors (Lipinski definition) is 2. The lowest BCUT2D eigenvalue weighted by Crippen LogP contribution is -2.18. The zero-order valence-electron chi connectivity index (χ0n) is 26.7. The molecule has 0 bridgehead atoms. The Balaban J connectivity index is 0.000000726. The van der Waals surface area contributed by atoms with E-state index >= 15 is 0 Å².